The summed E-state index contributed by atoms with van der Waals surface area (Å²) in [5, 5.41) is 3.78. The molecular formula is C16H32N2O. The molecule has 0 spiro atoms. The molecule has 0 amide bonds. The lowest BCUT2D eigenvalue weighted by Crippen LogP contribution is -2.56. The minimum absolute atomic E-state index is 0.433. The predicted octanol–water partition coefficient (Wildman–Crippen LogP) is 2.65. The van der Waals surface area contributed by atoms with Crippen LogP contribution in [0.3, 0.4) is 0 Å². The molecule has 2 aliphatic rings. The van der Waals surface area contributed by atoms with Gasteiger partial charge in [0.1, 0.15) is 0 Å². The lowest BCUT2D eigenvalue weighted by atomic mass is 9.86. The van der Waals surface area contributed by atoms with Gasteiger partial charge in [-0.25, -0.2) is 0 Å². The molecule has 1 aliphatic heterocycles. The molecule has 4 unspecified atom stereocenters. The third-order valence-corrected chi connectivity index (χ3v) is 5.08. The first-order valence-electron chi connectivity index (χ1n) is 8.26. The van der Waals surface area contributed by atoms with Gasteiger partial charge in [0.05, 0.1) is 6.10 Å². The molecule has 3 heteroatoms. The molecule has 1 saturated carbocycles. The van der Waals surface area contributed by atoms with Crippen LogP contribution in [0.5, 0.6) is 0 Å². The van der Waals surface area contributed by atoms with Gasteiger partial charge in [0.25, 0.3) is 0 Å². The van der Waals surface area contributed by atoms with Crippen LogP contribution >= 0.6 is 0 Å². The van der Waals surface area contributed by atoms with Gasteiger partial charge >= 0.3 is 0 Å². The Bertz CT molecular complexity index is 259. The predicted molar refractivity (Wildman–Crippen MR) is 80.5 cm³/mol. The van der Waals surface area contributed by atoms with Crippen LogP contribution < -0.4 is 5.32 Å². The van der Waals surface area contributed by atoms with Gasteiger partial charge in [0.15, 0.2) is 0 Å². The molecule has 0 aromatic rings. The van der Waals surface area contributed by atoms with Crippen molar-refractivity contribution in [3.63, 3.8) is 0 Å². The molecule has 1 aliphatic carbocycles. The zero-order valence-corrected chi connectivity index (χ0v) is 13.0. The van der Waals surface area contributed by atoms with Gasteiger partial charge in [0.2, 0.25) is 0 Å². The molecule has 1 heterocycles. The number of hydrogen-bond acceptors (Lipinski definition) is 3. The summed E-state index contributed by atoms with van der Waals surface area (Å²) in [5.74, 6) is 0.715. The van der Waals surface area contributed by atoms with Crippen LogP contribution in [0, 0.1) is 5.92 Å². The molecule has 0 bridgehead atoms. The number of nitrogens with zero attached hydrogens (tertiary/aromatic N) is 1. The molecule has 1 N–H and O–H groups in total. The van der Waals surface area contributed by atoms with Crippen molar-refractivity contribution in [2.24, 2.45) is 5.92 Å². The van der Waals surface area contributed by atoms with E-state index in [9.17, 15) is 0 Å². The summed E-state index contributed by atoms with van der Waals surface area (Å²) in [7, 11) is 1.87. The Morgan fingerprint density at radius 3 is 2.74 bits per heavy atom. The number of rotatable bonds is 5. The van der Waals surface area contributed by atoms with Crippen molar-refractivity contribution >= 4 is 0 Å². The van der Waals surface area contributed by atoms with E-state index in [1.165, 1.54) is 51.6 Å². The minimum atomic E-state index is 0.433. The summed E-state index contributed by atoms with van der Waals surface area (Å²) in [5.41, 5.74) is 0. The summed E-state index contributed by atoms with van der Waals surface area (Å²) in [6.07, 6.45) is 8.48. The van der Waals surface area contributed by atoms with E-state index in [0.29, 0.717) is 18.1 Å². The van der Waals surface area contributed by atoms with Crippen LogP contribution in [-0.2, 0) is 4.74 Å². The molecule has 0 radical (unpaired) electrons. The summed E-state index contributed by atoms with van der Waals surface area (Å²) < 4.78 is 5.68. The highest BCUT2D eigenvalue weighted by Gasteiger charge is 2.34. The third kappa shape index (κ3) is 3.93. The van der Waals surface area contributed by atoms with E-state index in [0.717, 1.165) is 12.6 Å². The highest BCUT2D eigenvalue weighted by atomic mass is 16.5. The fourth-order valence-electron chi connectivity index (χ4n) is 3.78. The molecule has 1 saturated heterocycles. The Balaban J connectivity index is 1.93. The summed E-state index contributed by atoms with van der Waals surface area (Å²) in [6.45, 7) is 8.15. The number of hydrogen-bond donors (Lipinski definition) is 1. The fraction of sp³-hybridized carbons (Fsp3) is 1.00. The maximum Gasteiger partial charge on any atom is 0.0724 e. The smallest absolute Gasteiger partial charge is 0.0724 e. The van der Waals surface area contributed by atoms with Crippen LogP contribution in [0.4, 0.5) is 0 Å². The van der Waals surface area contributed by atoms with Gasteiger partial charge < -0.3 is 10.1 Å². The van der Waals surface area contributed by atoms with Crippen LogP contribution in [0.2, 0.25) is 0 Å². The molecule has 4 atom stereocenters. The van der Waals surface area contributed by atoms with Gasteiger partial charge in [-0.1, -0.05) is 26.7 Å². The van der Waals surface area contributed by atoms with E-state index in [4.69, 9.17) is 4.74 Å². The van der Waals surface area contributed by atoms with Gasteiger partial charge in [-0.05, 0) is 44.7 Å². The number of likely N-dealkylation sites (tertiary alicyclic amines) is 1. The van der Waals surface area contributed by atoms with Crippen LogP contribution in [-0.4, -0.2) is 49.8 Å². The van der Waals surface area contributed by atoms with E-state index < -0.39 is 0 Å². The van der Waals surface area contributed by atoms with E-state index >= 15 is 0 Å². The van der Waals surface area contributed by atoms with E-state index in [-0.39, 0.29) is 0 Å². The zero-order valence-electron chi connectivity index (χ0n) is 13.0. The fourth-order valence-corrected chi connectivity index (χ4v) is 3.78. The topological polar surface area (TPSA) is 24.5 Å². The van der Waals surface area contributed by atoms with Crippen molar-refractivity contribution < 1.29 is 4.74 Å². The molecule has 2 rings (SSSR count). The Kier molecular flexibility index (Phi) is 6.11. The largest absolute Gasteiger partial charge is 0.380 e. The van der Waals surface area contributed by atoms with Gasteiger partial charge in [-0.15, -0.1) is 0 Å². The normalized spacial score (nSPS) is 37.4. The second-order valence-corrected chi connectivity index (χ2v) is 6.45. The van der Waals surface area contributed by atoms with Crippen LogP contribution in [0.15, 0.2) is 0 Å². The van der Waals surface area contributed by atoms with Gasteiger partial charge in [0, 0.05) is 25.7 Å². The molecule has 0 aromatic carbocycles. The lowest BCUT2D eigenvalue weighted by molar-refractivity contribution is -0.0297. The van der Waals surface area contributed by atoms with E-state index in [1.807, 2.05) is 7.11 Å². The number of methoxy groups -OCH3 is 1. The third-order valence-electron chi connectivity index (χ3n) is 5.08. The molecule has 3 nitrogen and oxygen atoms in total. The SMILES string of the molecule is CCCNC1CCCCC1N1CCC(C)C(OC)C1. The lowest BCUT2D eigenvalue weighted by Gasteiger charge is -2.45. The van der Waals surface area contributed by atoms with Crippen molar-refractivity contribution in [1.82, 2.24) is 10.2 Å². The van der Waals surface area contributed by atoms with Crippen molar-refractivity contribution in [3.05, 3.63) is 0 Å². The zero-order chi connectivity index (χ0) is 13.7. The summed E-state index contributed by atoms with van der Waals surface area (Å²) in [4.78, 5) is 2.71. The molecule has 112 valence electrons. The maximum absolute atomic E-state index is 5.68. The Labute approximate surface area is 119 Å². The first-order valence-corrected chi connectivity index (χ1v) is 8.26. The molecule has 0 aromatic heterocycles. The minimum Gasteiger partial charge on any atom is -0.380 e. The standard InChI is InChI=1S/C16H32N2O/c1-4-10-17-14-7-5-6-8-15(14)18-11-9-13(2)16(12-18)19-3/h13-17H,4-12H2,1-3H3. The van der Waals surface area contributed by atoms with Crippen LogP contribution in [0.1, 0.15) is 52.4 Å². The van der Waals surface area contributed by atoms with Crippen molar-refractivity contribution in [1.29, 1.82) is 0 Å². The first kappa shape index (κ1) is 15.3. The highest BCUT2D eigenvalue weighted by Crippen LogP contribution is 2.28. The number of piperidine rings is 1. The van der Waals surface area contributed by atoms with E-state index in [2.05, 4.69) is 24.1 Å². The van der Waals surface area contributed by atoms with Crippen LogP contribution in [0.25, 0.3) is 0 Å². The molecular weight excluding hydrogens is 236 g/mol. The van der Waals surface area contributed by atoms with Crippen molar-refractivity contribution in [2.45, 2.75) is 70.6 Å². The average molecular weight is 268 g/mol. The second-order valence-electron chi connectivity index (χ2n) is 6.45. The monoisotopic (exact) mass is 268 g/mol. The quantitative estimate of drug-likeness (QED) is 0.829. The number of ether oxygens (including phenoxy) is 1. The van der Waals surface area contributed by atoms with Crippen molar-refractivity contribution in [3.8, 4) is 0 Å². The van der Waals surface area contributed by atoms with Crippen molar-refractivity contribution in [2.75, 3.05) is 26.7 Å². The summed E-state index contributed by atoms with van der Waals surface area (Å²) >= 11 is 0. The van der Waals surface area contributed by atoms with E-state index in [1.54, 1.807) is 0 Å². The second kappa shape index (κ2) is 7.61. The number of nitrogens with one attached hydrogen (secondary N) is 1. The maximum atomic E-state index is 5.68. The molecule has 19 heavy (non-hydrogen) atoms. The summed E-state index contributed by atoms with van der Waals surface area (Å²) in [6, 6.07) is 1.45. The van der Waals surface area contributed by atoms with Gasteiger partial charge in [-0.2, -0.15) is 0 Å². The Morgan fingerprint density at radius 1 is 1.21 bits per heavy atom. The first-order chi connectivity index (χ1) is 9.26. The Morgan fingerprint density at radius 2 is 2.00 bits per heavy atom. The Hall–Kier alpha value is -0.120. The molecule has 2 fully saturated rings. The average Bonchev–Trinajstić information content (AvgIpc) is 2.46. The highest BCUT2D eigenvalue weighted by molar-refractivity contribution is 4.91. The van der Waals surface area contributed by atoms with Gasteiger partial charge in [-0.3, -0.25) is 4.90 Å².